The molecular weight excluding hydrogens is 659 g/mol. The lowest BCUT2D eigenvalue weighted by atomic mass is 10.1. The minimum Gasteiger partial charge on any atom is -0.491 e. The van der Waals surface area contributed by atoms with Gasteiger partial charge in [0.25, 0.3) is 0 Å². The fraction of sp³-hybridized carbons (Fsp3) is 0.333. The molecule has 3 atom stereocenters. The van der Waals surface area contributed by atoms with E-state index in [4.69, 9.17) is 37.4 Å². The van der Waals surface area contributed by atoms with Crippen LogP contribution in [0.15, 0.2) is 90.5 Å². The van der Waals surface area contributed by atoms with Crippen LogP contribution in [-0.2, 0) is 21.8 Å². The standard InChI is InChI=1S/C33H36Cl2N8O5/c1-3-23(2)43-32(44)41(22-39-43)26-7-5-25(6-8-26)37-14-15-42(45)27-9-11-28(12-10-27)46-17-29-18-47-33(48-29,19-40-21-36-20-38-40)30-13-4-24(34)16-31(30)35/h4-13,16,20-23,29,37,45H,3,14-15,17-19H2,1-2H3/t23?,29-,33-/m0/s1. The second-order valence-corrected chi connectivity index (χ2v) is 12.3. The van der Waals surface area contributed by atoms with E-state index in [2.05, 4.69) is 20.5 Å². The van der Waals surface area contributed by atoms with Crippen molar-refractivity contribution in [3.63, 3.8) is 0 Å². The Balaban J connectivity index is 0.990. The third-order valence-electron chi connectivity index (χ3n) is 8.11. The normalized spacial score (nSPS) is 18.1. The van der Waals surface area contributed by atoms with Gasteiger partial charge in [-0.25, -0.2) is 23.7 Å². The van der Waals surface area contributed by atoms with Crippen molar-refractivity contribution in [1.82, 2.24) is 29.1 Å². The summed E-state index contributed by atoms with van der Waals surface area (Å²) in [5, 5.41) is 24.4. The first-order valence-electron chi connectivity index (χ1n) is 15.5. The molecule has 3 aromatic carbocycles. The highest BCUT2D eigenvalue weighted by Crippen LogP contribution is 2.40. The van der Waals surface area contributed by atoms with Gasteiger partial charge in [0.1, 0.15) is 44.0 Å². The molecule has 252 valence electrons. The van der Waals surface area contributed by atoms with Gasteiger partial charge >= 0.3 is 5.69 Å². The largest absolute Gasteiger partial charge is 0.491 e. The van der Waals surface area contributed by atoms with Crippen LogP contribution in [0.3, 0.4) is 0 Å². The summed E-state index contributed by atoms with van der Waals surface area (Å²) in [5.41, 5.74) is 2.67. The number of hydrogen-bond acceptors (Lipinski definition) is 10. The van der Waals surface area contributed by atoms with Gasteiger partial charge < -0.3 is 19.5 Å². The summed E-state index contributed by atoms with van der Waals surface area (Å²) in [6.45, 7) is 5.53. The number of aromatic nitrogens is 6. The van der Waals surface area contributed by atoms with Crippen LogP contribution in [0.2, 0.25) is 10.0 Å². The third kappa shape index (κ3) is 7.50. The van der Waals surface area contributed by atoms with Gasteiger partial charge in [0.15, 0.2) is 0 Å². The van der Waals surface area contributed by atoms with Gasteiger partial charge in [-0.05, 0) is 74.0 Å². The van der Waals surface area contributed by atoms with Gasteiger partial charge in [-0.2, -0.15) is 10.2 Å². The van der Waals surface area contributed by atoms with Crippen LogP contribution in [0.25, 0.3) is 5.69 Å². The predicted octanol–water partition coefficient (Wildman–Crippen LogP) is 5.56. The molecule has 1 unspecified atom stereocenters. The molecule has 1 fully saturated rings. The maximum Gasteiger partial charge on any atom is 0.350 e. The van der Waals surface area contributed by atoms with Crippen LogP contribution >= 0.6 is 23.2 Å². The van der Waals surface area contributed by atoms with E-state index >= 15 is 0 Å². The van der Waals surface area contributed by atoms with Crippen LogP contribution in [0.1, 0.15) is 31.9 Å². The van der Waals surface area contributed by atoms with E-state index in [1.165, 1.54) is 15.6 Å². The summed E-state index contributed by atoms with van der Waals surface area (Å²) < 4.78 is 23.3. The SMILES string of the molecule is CCC(C)n1ncn(-c2ccc(NCCN(O)c3ccc(OC[C@H]4CO[C@](Cn5cncn5)(c5ccc(Cl)cc5Cl)O4)cc3)cc2)c1=O. The van der Waals surface area contributed by atoms with Crippen molar-refractivity contribution in [1.29, 1.82) is 0 Å². The summed E-state index contributed by atoms with van der Waals surface area (Å²) in [7, 11) is 0. The Morgan fingerprint density at radius 1 is 1.10 bits per heavy atom. The van der Waals surface area contributed by atoms with E-state index in [1.54, 1.807) is 59.8 Å². The Bertz CT molecular complexity index is 1850. The molecule has 5 aromatic rings. The van der Waals surface area contributed by atoms with Crippen molar-refractivity contribution in [2.24, 2.45) is 0 Å². The zero-order chi connectivity index (χ0) is 33.7. The number of ether oxygens (including phenoxy) is 3. The molecule has 2 aromatic heterocycles. The molecule has 15 heteroatoms. The molecule has 1 saturated heterocycles. The number of nitrogens with one attached hydrogen (secondary N) is 1. The number of benzene rings is 3. The molecule has 0 radical (unpaired) electrons. The average molecular weight is 696 g/mol. The Labute approximate surface area is 287 Å². The predicted molar refractivity (Wildman–Crippen MR) is 181 cm³/mol. The summed E-state index contributed by atoms with van der Waals surface area (Å²) in [6, 6.07) is 19.8. The van der Waals surface area contributed by atoms with E-state index in [1.807, 2.05) is 38.1 Å². The van der Waals surface area contributed by atoms with Crippen molar-refractivity contribution in [3.8, 4) is 11.4 Å². The molecular formula is C33H36Cl2N8O5. The summed E-state index contributed by atoms with van der Waals surface area (Å²) in [4.78, 5) is 16.7. The number of anilines is 2. The van der Waals surface area contributed by atoms with Crippen molar-refractivity contribution in [2.45, 2.75) is 44.7 Å². The molecule has 6 rings (SSSR count). The van der Waals surface area contributed by atoms with Gasteiger partial charge in [-0.15, -0.1) is 0 Å². The van der Waals surface area contributed by atoms with Gasteiger partial charge in [0, 0.05) is 22.8 Å². The third-order valence-corrected chi connectivity index (χ3v) is 8.66. The molecule has 2 N–H and O–H groups in total. The van der Waals surface area contributed by atoms with Gasteiger partial charge in [-0.1, -0.05) is 36.2 Å². The highest BCUT2D eigenvalue weighted by atomic mass is 35.5. The van der Waals surface area contributed by atoms with Gasteiger partial charge in [0.2, 0.25) is 5.79 Å². The Morgan fingerprint density at radius 2 is 1.90 bits per heavy atom. The lowest BCUT2D eigenvalue weighted by Gasteiger charge is -2.29. The number of rotatable bonds is 14. The maximum atomic E-state index is 12.7. The second-order valence-electron chi connectivity index (χ2n) is 11.4. The molecule has 48 heavy (non-hydrogen) atoms. The quantitative estimate of drug-likeness (QED) is 0.142. The number of nitrogens with zero attached hydrogens (tertiary/aromatic N) is 7. The maximum absolute atomic E-state index is 12.7. The monoisotopic (exact) mass is 694 g/mol. The van der Waals surface area contributed by atoms with E-state index < -0.39 is 11.9 Å². The van der Waals surface area contributed by atoms with E-state index in [9.17, 15) is 10.0 Å². The first kappa shape index (κ1) is 33.5. The van der Waals surface area contributed by atoms with Crippen molar-refractivity contribution in [3.05, 3.63) is 112 Å². The van der Waals surface area contributed by atoms with Crippen LogP contribution in [0.4, 0.5) is 11.4 Å². The Morgan fingerprint density at radius 3 is 2.60 bits per heavy atom. The fourth-order valence-electron chi connectivity index (χ4n) is 5.33. The lowest BCUT2D eigenvalue weighted by molar-refractivity contribution is -0.190. The first-order valence-corrected chi connectivity index (χ1v) is 16.3. The van der Waals surface area contributed by atoms with Crippen LogP contribution < -0.4 is 20.8 Å². The smallest absolute Gasteiger partial charge is 0.350 e. The van der Waals surface area contributed by atoms with Crippen molar-refractivity contribution < 1.29 is 19.4 Å². The molecule has 0 spiro atoms. The van der Waals surface area contributed by atoms with Crippen molar-refractivity contribution >= 4 is 34.6 Å². The molecule has 13 nitrogen and oxygen atoms in total. The minimum atomic E-state index is -1.20. The van der Waals surface area contributed by atoms with E-state index in [-0.39, 0.29) is 31.5 Å². The zero-order valence-electron chi connectivity index (χ0n) is 26.4. The molecule has 0 bridgehead atoms. The molecule has 3 heterocycles. The first-order chi connectivity index (χ1) is 23.2. The van der Waals surface area contributed by atoms with E-state index in [0.717, 1.165) is 22.9 Å². The lowest BCUT2D eigenvalue weighted by Crippen LogP contribution is -2.35. The van der Waals surface area contributed by atoms with Gasteiger partial charge in [-0.3, -0.25) is 10.3 Å². The van der Waals surface area contributed by atoms with Crippen LogP contribution in [0, 0.1) is 0 Å². The Kier molecular flexibility index (Phi) is 10.3. The molecule has 0 amide bonds. The highest BCUT2D eigenvalue weighted by Gasteiger charge is 2.45. The van der Waals surface area contributed by atoms with Crippen LogP contribution in [0.5, 0.6) is 5.75 Å². The number of halogens is 2. The minimum absolute atomic E-state index is 0.0337. The van der Waals surface area contributed by atoms with E-state index in [0.29, 0.717) is 40.1 Å². The topological polar surface area (TPSA) is 134 Å². The Hall–Kier alpha value is -4.40. The molecule has 0 saturated carbocycles. The highest BCUT2D eigenvalue weighted by molar-refractivity contribution is 6.35. The molecule has 0 aliphatic carbocycles. The van der Waals surface area contributed by atoms with Crippen LogP contribution in [-0.4, -0.2) is 66.7 Å². The molecule has 1 aliphatic rings. The summed E-state index contributed by atoms with van der Waals surface area (Å²) in [5.74, 6) is -0.585. The summed E-state index contributed by atoms with van der Waals surface area (Å²) in [6.07, 6.45) is 4.99. The fourth-order valence-corrected chi connectivity index (χ4v) is 5.88. The zero-order valence-corrected chi connectivity index (χ0v) is 28.0. The number of hydroxylamine groups is 1. The van der Waals surface area contributed by atoms with Crippen molar-refractivity contribution in [2.75, 3.05) is 36.7 Å². The number of hydrogen-bond donors (Lipinski definition) is 2. The van der Waals surface area contributed by atoms with Gasteiger partial charge in [0.05, 0.1) is 35.6 Å². The molecule has 1 aliphatic heterocycles. The second kappa shape index (κ2) is 14.8. The summed E-state index contributed by atoms with van der Waals surface area (Å²) >= 11 is 12.7. The average Bonchev–Trinajstić information content (AvgIpc) is 3.85.